The standard InChI is InChI=1S/C58H104NO7P/c1-6-8-10-12-14-16-18-20-22-24-26-28-29-30-31-32-33-35-37-39-41-43-45-47-49-51-58(60)66-57(56-65-67(61,62)64-54-52-59(3,4)5)55-63-53-50-48-46-44-42-40-38-36-34-27-25-23-21-19-17-15-13-11-9-7-2/h8,10,14-17,20-23,26-28,34,57H,6-7,9,11-13,18-19,24-25,29-33,35-56H2,1-5H3/b10-8-,16-14-,17-15-,22-20-,23-21-,28-26-,34-27-. The zero-order valence-corrected chi connectivity index (χ0v) is 45.0. The Hall–Kier alpha value is -2.32. The van der Waals surface area contributed by atoms with Crippen molar-refractivity contribution in [3.63, 3.8) is 0 Å². The van der Waals surface area contributed by atoms with Crippen LogP contribution in [0.4, 0.5) is 0 Å². The summed E-state index contributed by atoms with van der Waals surface area (Å²) in [7, 11) is 1.34. The number of unbranched alkanes of at least 4 members (excludes halogenated alkanes) is 22. The van der Waals surface area contributed by atoms with Crippen molar-refractivity contribution in [3.8, 4) is 0 Å². The van der Waals surface area contributed by atoms with Gasteiger partial charge in [0.1, 0.15) is 19.3 Å². The maximum atomic E-state index is 12.8. The Balaban J connectivity index is 4.13. The quantitative estimate of drug-likeness (QED) is 0.0197. The molecule has 8 nitrogen and oxygen atoms in total. The molecule has 0 amide bonds. The van der Waals surface area contributed by atoms with Gasteiger partial charge >= 0.3 is 5.97 Å². The number of phosphoric acid groups is 1. The van der Waals surface area contributed by atoms with E-state index in [4.69, 9.17) is 18.5 Å². The lowest BCUT2D eigenvalue weighted by molar-refractivity contribution is -0.870. The fourth-order valence-corrected chi connectivity index (χ4v) is 7.98. The molecule has 9 heteroatoms. The van der Waals surface area contributed by atoms with Crippen LogP contribution in [0.1, 0.15) is 219 Å². The lowest BCUT2D eigenvalue weighted by Gasteiger charge is -2.28. The van der Waals surface area contributed by atoms with E-state index < -0.39 is 13.9 Å². The molecule has 0 aliphatic rings. The van der Waals surface area contributed by atoms with Gasteiger partial charge in [-0.25, -0.2) is 0 Å². The van der Waals surface area contributed by atoms with E-state index in [0.717, 1.165) is 83.5 Å². The van der Waals surface area contributed by atoms with Crippen LogP contribution in [-0.4, -0.2) is 70.7 Å². The van der Waals surface area contributed by atoms with Gasteiger partial charge in [-0.15, -0.1) is 0 Å². The Labute approximate surface area is 414 Å². The van der Waals surface area contributed by atoms with Crippen LogP contribution in [0.3, 0.4) is 0 Å². The zero-order chi connectivity index (χ0) is 49.0. The van der Waals surface area contributed by atoms with Gasteiger partial charge in [0, 0.05) is 13.0 Å². The van der Waals surface area contributed by atoms with Crippen LogP contribution in [-0.2, 0) is 27.9 Å². The highest BCUT2D eigenvalue weighted by Gasteiger charge is 2.20. The van der Waals surface area contributed by atoms with E-state index in [1.165, 1.54) is 116 Å². The average molecular weight is 958 g/mol. The second kappa shape index (κ2) is 50.1. The summed E-state index contributed by atoms with van der Waals surface area (Å²) in [6.07, 6.45) is 67.5. The van der Waals surface area contributed by atoms with Crippen molar-refractivity contribution < 1.29 is 37.3 Å². The molecule has 0 saturated carbocycles. The van der Waals surface area contributed by atoms with E-state index in [9.17, 15) is 14.3 Å². The van der Waals surface area contributed by atoms with Gasteiger partial charge in [0.2, 0.25) is 0 Å². The Morgan fingerprint density at radius 2 is 0.866 bits per heavy atom. The Morgan fingerprint density at radius 1 is 0.478 bits per heavy atom. The lowest BCUT2D eigenvalue weighted by atomic mass is 10.0. The van der Waals surface area contributed by atoms with Crippen molar-refractivity contribution in [3.05, 3.63) is 85.1 Å². The number of nitrogens with zero attached hydrogens (tertiary/aromatic N) is 1. The summed E-state index contributed by atoms with van der Waals surface area (Å²) >= 11 is 0. The summed E-state index contributed by atoms with van der Waals surface area (Å²) in [6, 6.07) is 0. The lowest BCUT2D eigenvalue weighted by Crippen LogP contribution is -2.37. The van der Waals surface area contributed by atoms with Crippen molar-refractivity contribution in [2.75, 3.05) is 54.1 Å². The first-order valence-corrected chi connectivity index (χ1v) is 28.8. The fourth-order valence-electron chi connectivity index (χ4n) is 7.25. The predicted molar refractivity (Wildman–Crippen MR) is 286 cm³/mol. The number of carbonyl (C=O) groups excluding carboxylic acids is 1. The van der Waals surface area contributed by atoms with Gasteiger partial charge in [0.15, 0.2) is 0 Å². The van der Waals surface area contributed by atoms with Gasteiger partial charge in [-0.1, -0.05) is 208 Å². The minimum Gasteiger partial charge on any atom is -0.756 e. The van der Waals surface area contributed by atoms with Gasteiger partial charge in [-0.3, -0.25) is 9.36 Å². The summed E-state index contributed by atoms with van der Waals surface area (Å²) in [5.74, 6) is -0.342. The van der Waals surface area contributed by atoms with E-state index in [1.807, 2.05) is 21.1 Å². The second-order valence-electron chi connectivity index (χ2n) is 19.2. The van der Waals surface area contributed by atoms with E-state index in [0.29, 0.717) is 24.1 Å². The van der Waals surface area contributed by atoms with Crippen LogP contribution >= 0.6 is 7.82 Å². The maximum absolute atomic E-state index is 12.8. The number of rotatable bonds is 50. The largest absolute Gasteiger partial charge is 0.756 e. The number of carbonyl (C=O) groups is 1. The van der Waals surface area contributed by atoms with Gasteiger partial charge in [-0.2, -0.15) is 0 Å². The molecule has 2 atom stereocenters. The molecule has 0 rings (SSSR count). The Morgan fingerprint density at radius 3 is 1.30 bits per heavy atom. The minimum absolute atomic E-state index is 0.0199. The van der Waals surface area contributed by atoms with Crippen LogP contribution in [0.2, 0.25) is 0 Å². The number of allylic oxidation sites excluding steroid dienone is 14. The van der Waals surface area contributed by atoms with E-state index in [2.05, 4.69) is 98.9 Å². The number of quaternary nitrogens is 1. The van der Waals surface area contributed by atoms with Gasteiger partial charge in [0.25, 0.3) is 7.82 Å². The van der Waals surface area contributed by atoms with Crippen LogP contribution in [0, 0.1) is 0 Å². The van der Waals surface area contributed by atoms with Crippen molar-refractivity contribution in [2.45, 2.75) is 225 Å². The molecule has 0 spiro atoms. The van der Waals surface area contributed by atoms with E-state index >= 15 is 0 Å². The zero-order valence-electron chi connectivity index (χ0n) is 44.1. The molecule has 2 unspecified atom stereocenters. The number of ether oxygens (including phenoxy) is 2. The molecule has 0 heterocycles. The first kappa shape index (κ1) is 64.7. The first-order valence-electron chi connectivity index (χ1n) is 27.3. The van der Waals surface area contributed by atoms with Crippen molar-refractivity contribution in [1.29, 1.82) is 0 Å². The first-order chi connectivity index (χ1) is 32.6. The molecule has 0 aromatic rings. The molecule has 0 aliphatic heterocycles. The van der Waals surface area contributed by atoms with Crippen LogP contribution < -0.4 is 4.89 Å². The number of hydrogen-bond donors (Lipinski definition) is 0. The summed E-state index contributed by atoms with van der Waals surface area (Å²) < 4.78 is 34.8. The molecule has 0 N–H and O–H groups in total. The van der Waals surface area contributed by atoms with Crippen molar-refractivity contribution >= 4 is 13.8 Å². The molecular weight excluding hydrogens is 854 g/mol. The third-order valence-corrected chi connectivity index (χ3v) is 12.4. The number of phosphoric ester groups is 1. The smallest absolute Gasteiger partial charge is 0.306 e. The Kier molecular flexibility index (Phi) is 48.3. The normalized spacial score (nSPS) is 14.2. The summed E-state index contributed by atoms with van der Waals surface area (Å²) in [4.78, 5) is 25.2. The molecule has 67 heavy (non-hydrogen) atoms. The topological polar surface area (TPSA) is 94.1 Å². The fraction of sp³-hybridized carbons (Fsp3) is 0.741. The summed E-state index contributed by atoms with van der Waals surface area (Å²) in [5, 5.41) is 0. The third kappa shape index (κ3) is 54.5. The molecule has 388 valence electrons. The summed E-state index contributed by atoms with van der Waals surface area (Å²) in [5.41, 5.74) is 0. The van der Waals surface area contributed by atoms with Gasteiger partial charge < -0.3 is 27.9 Å². The van der Waals surface area contributed by atoms with E-state index in [-0.39, 0.29) is 25.8 Å². The highest BCUT2D eigenvalue weighted by atomic mass is 31.2. The molecule has 0 bridgehead atoms. The van der Waals surface area contributed by atoms with Gasteiger partial charge in [-0.05, 0) is 89.9 Å². The van der Waals surface area contributed by atoms with Crippen LogP contribution in [0.25, 0.3) is 0 Å². The van der Waals surface area contributed by atoms with Gasteiger partial charge in [0.05, 0.1) is 34.4 Å². The predicted octanol–water partition coefficient (Wildman–Crippen LogP) is 16.5. The monoisotopic (exact) mass is 958 g/mol. The summed E-state index contributed by atoms with van der Waals surface area (Å²) in [6.45, 7) is 5.25. The number of likely N-dealkylation sites (N-methyl/N-ethyl adjacent to an activating group) is 1. The molecule has 0 aliphatic carbocycles. The highest BCUT2D eigenvalue weighted by Crippen LogP contribution is 2.38. The number of esters is 1. The Bertz CT molecular complexity index is 1340. The number of hydrogen-bond acceptors (Lipinski definition) is 7. The minimum atomic E-state index is -4.54. The average Bonchev–Trinajstić information content (AvgIpc) is 3.29. The molecule has 0 fully saturated rings. The third-order valence-electron chi connectivity index (χ3n) is 11.4. The second-order valence-corrected chi connectivity index (χ2v) is 20.6. The molecule has 0 aromatic carbocycles. The van der Waals surface area contributed by atoms with E-state index in [1.54, 1.807) is 0 Å². The maximum Gasteiger partial charge on any atom is 0.306 e. The van der Waals surface area contributed by atoms with Crippen molar-refractivity contribution in [2.24, 2.45) is 0 Å². The SMILES string of the molecule is CC/C=C\C/C=C\C/C=C\C/C=C\CCCCCCCCCCCCCCC(=O)OC(COCCCCCCCCC/C=C\C/C=C\C/C=C\CCCCC)COP(=O)([O-])OCC[N+](C)(C)C. The van der Waals surface area contributed by atoms with Crippen LogP contribution in [0.15, 0.2) is 85.1 Å². The van der Waals surface area contributed by atoms with Crippen molar-refractivity contribution in [1.82, 2.24) is 0 Å². The van der Waals surface area contributed by atoms with Crippen LogP contribution in [0.5, 0.6) is 0 Å². The molecule has 0 aromatic heterocycles. The molecular formula is C58H104NO7P. The molecule has 0 saturated heterocycles. The molecule has 0 radical (unpaired) electrons. The highest BCUT2D eigenvalue weighted by molar-refractivity contribution is 7.45.